The minimum atomic E-state index is -3.60. The molecule has 0 unspecified atom stereocenters. The van der Waals surface area contributed by atoms with E-state index in [1.807, 2.05) is 32.9 Å². The Hall–Kier alpha value is -2.29. The van der Waals surface area contributed by atoms with E-state index in [1.165, 1.54) is 9.21 Å². The SMILES string of the molecule is Cc1ccc(Cl)cc1N(CCCC(=O)N(Cc1ccc(Cl)cc1)[C@@H](C)C(=O)NC(C)(C)C)S(C)(=O)=O. The molecule has 2 aromatic rings. The second-order valence-corrected chi connectivity index (χ2v) is 12.7. The highest BCUT2D eigenvalue weighted by Crippen LogP contribution is 2.27. The van der Waals surface area contributed by atoms with Crippen molar-refractivity contribution < 1.29 is 18.0 Å². The van der Waals surface area contributed by atoms with Crippen LogP contribution in [0.5, 0.6) is 0 Å². The van der Waals surface area contributed by atoms with Gasteiger partial charge in [-0.15, -0.1) is 0 Å². The van der Waals surface area contributed by atoms with Gasteiger partial charge in [0, 0.05) is 35.1 Å². The predicted molar refractivity (Wildman–Crippen MR) is 147 cm³/mol. The molecule has 7 nitrogen and oxygen atoms in total. The topological polar surface area (TPSA) is 86.8 Å². The summed E-state index contributed by atoms with van der Waals surface area (Å²) in [6.07, 6.45) is 1.45. The summed E-state index contributed by atoms with van der Waals surface area (Å²) in [4.78, 5) is 27.7. The van der Waals surface area contributed by atoms with Crippen LogP contribution in [-0.4, -0.2) is 49.5 Å². The van der Waals surface area contributed by atoms with Gasteiger partial charge in [0.25, 0.3) is 0 Å². The van der Waals surface area contributed by atoms with E-state index >= 15 is 0 Å². The first-order valence-corrected chi connectivity index (χ1v) is 14.3. The van der Waals surface area contributed by atoms with Crippen molar-refractivity contribution in [1.82, 2.24) is 10.2 Å². The van der Waals surface area contributed by atoms with E-state index in [9.17, 15) is 18.0 Å². The summed E-state index contributed by atoms with van der Waals surface area (Å²) in [6, 6.07) is 11.4. The van der Waals surface area contributed by atoms with E-state index in [1.54, 1.807) is 44.2 Å². The molecule has 1 N–H and O–H groups in total. The molecule has 1 atom stereocenters. The zero-order valence-electron chi connectivity index (χ0n) is 21.6. The van der Waals surface area contributed by atoms with Crippen molar-refractivity contribution in [3.05, 3.63) is 63.6 Å². The average molecular weight is 557 g/mol. The molecule has 198 valence electrons. The van der Waals surface area contributed by atoms with Crippen LogP contribution in [0.15, 0.2) is 42.5 Å². The molecule has 0 aliphatic carbocycles. The van der Waals surface area contributed by atoms with Crippen LogP contribution in [0.2, 0.25) is 10.0 Å². The van der Waals surface area contributed by atoms with Crippen LogP contribution in [0.25, 0.3) is 0 Å². The summed E-state index contributed by atoms with van der Waals surface area (Å²) in [7, 11) is -3.60. The lowest BCUT2D eigenvalue weighted by molar-refractivity contribution is -0.141. The maximum atomic E-state index is 13.3. The van der Waals surface area contributed by atoms with Crippen molar-refractivity contribution in [2.24, 2.45) is 0 Å². The summed E-state index contributed by atoms with van der Waals surface area (Å²) < 4.78 is 26.3. The molecule has 2 amide bonds. The standard InChI is InChI=1S/C26H35Cl2N3O4S/c1-18-9-12-22(28)16-23(18)31(36(6,34)35)15-7-8-24(32)30(17-20-10-13-21(27)14-11-20)19(2)25(33)29-26(3,4)5/h9-14,16,19H,7-8,15,17H2,1-6H3,(H,29,33)/t19-/m0/s1. The summed E-state index contributed by atoms with van der Waals surface area (Å²) >= 11 is 12.1. The Bertz CT molecular complexity index is 1180. The molecule has 0 spiro atoms. The number of amides is 2. The first-order chi connectivity index (χ1) is 16.6. The molecule has 0 bridgehead atoms. The highest BCUT2D eigenvalue weighted by Gasteiger charge is 2.29. The zero-order valence-corrected chi connectivity index (χ0v) is 24.0. The van der Waals surface area contributed by atoms with Gasteiger partial charge < -0.3 is 10.2 Å². The Kier molecular flexibility index (Phi) is 10.2. The molecule has 0 fully saturated rings. The minimum absolute atomic E-state index is 0.0619. The van der Waals surface area contributed by atoms with Gasteiger partial charge in [-0.1, -0.05) is 41.4 Å². The first-order valence-electron chi connectivity index (χ1n) is 11.7. The number of rotatable bonds is 10. The fraction of sp³-hybridized carbons (Fsp3) is 0.462. The monoisotopic (exact) mass is 555 g/mol. The summed E-state index contributed by atoms with van der Waals surface area (Å²) in [6.45, 7) is 9.44. The summed E-state index contributed by atoms with van der Waals surface area (Å²) in [5.74, 6) is -0.519. The summed E-state index contributed by atoms with van der Waals surface area (Å²) in [5.41, 5.74) is 1.61. The second-order valence-electron chi connectivity index (χ2n) is 9.93. The second kappa shape index (κ2) is 12.3. The Morgan fingerprint density at radius 1 is 1.03 bits per heavy atom. The van der Waals surface area contributed by atoms with Crippen LogP contribution in [0, 0.1) is 6.92 Å². The van der Waals surface area contributed by atoms with Crippen LogP contribution in [-0.2, 0) is 26.2 Å². The number of carbonyl (C=O) groups is 2. The number of nitrogens with one attached hydrogen (secondary N) is 1. The van der Waals surface area contributed by atoms with Crippen LogP contribution < -0.4 is 9.62 Å². The molecule has 0 saturated carbocycles. The number of carbonyl (C=O) groups excluding carboxylic acids is 2. The Morgan fingerprint density at radius 3 is 2.17 bits per heavy atom. The third-order valence-corrected chi connectivity index (χ3v) is 7.19. The number of aryl methyl sites for hydroxylation is 1. The van der Waals surface area contributed by atoms with E-state index < -0.39 is 21.6 Å². The van der Waals surface area contributed by atoms with Crippen molar-refractivity contribution >= 4 is 50.7 Å². The van der Waals surface area contributed by atoms with Gasteiger partial charge >= 0.3 is 0 Å². The normalized spacial score (nSPS) is 12.7. The third-order valence-electron chi connectivity index (χ3n) is 5.52. The lowest BCUT2D eigenvalue weighted by Gasteiger charge is -2.32. The van der Waals surface area contributed by atoms with E-state index in [2.05, 4.69) is 5.32 Å². The molecular formula is C26H35Cl2N3O4S. The number of halogens is 2. The Balaban J connectivity index is 2.22. The van der Waals surface area contributed by atoms with E-state index in [0.717, 1.165) is 17.4 Å². The molecule has 0 saturated heterocycles. The summed E-state index contributed by atoms with van der Waals surface area (Å²) in [5, 5.41) is 3.92. The molecule has 2 aromatic carbocycles. The van der Waals surface area contributed by atoms with E-state index in [4.69, 9.17) is 23.2 Å². The van der Waals surface area contributed by atoms with Crippen molar-refractivity contribution in [3.8, 4) is 0 Å². The molecule has 0 aliphatic rings. The average Bonchev–Trinajstić information content (AvgIpc) is 2.75. The highest BCUT2D eigenvalue weighted by atomic mass is 35.5. The van der Waals surface area contributed by atoms with Gasteiger partial charge in [0.1, 0.15) is 6.04 Å². The number of anilines is 1. The highest BCUT2D eigenvalue weighted by molar-refractivity contribution is 7.92. The fourth-order valence-electron chi connectivity index (χ4n) is 3.68. The van der Waals surface area contributed by atoms with Crippen LogP contribution in [0.1, 0.15) is 51.7 Å². The minimum Gasteiger partial charge on any atom is -0.350 e. The van der Waals surface area contributed by atoms with Crippen LogP contribution in [0.3, 0.4) is 0 Å². The Labute approximate surface area is 224 Å². The van der Waals surface area contributed by atoms with Gasteiger partial charge in [0.05, 0.1) is 11.9 Å². The van der Waals surface area contributed by atoms with Gasteiger partial charge in [0.15, 0.2) is 0 Å². The zero-order chi connectivity index (χ0) is 27.3. The van der Waals surface area contributed by atoms with Crippen molar-refractivity contribution in [1.29, 1.82) is 0 Å². The van der Waals surface area contributed by atoms with Crippen molar-refractivity contribution in [2.45, 2.75) is 65.6 Å². The largest absolute Gasteiger partial charge is 0.350 e. The van der Waals surface area contributed by atoms with Gasteiger partial charge in [-0.2, -0.15) is 0 Å². The lowest BCUT2D eigenvalue weighted by Crippen LogP contribution is -2.52. The third kappa shape index (κ3) is 8.98. The van der Waals surface area contributed by atoms with Crippen molar-refractivity contribution in [3.63, 3.8) is 0 Å². The number of hydrogen-bond donors (Lipinski definition) is 1. The van der Waals surface area contributed by atoms with Gasteiger partial charge in [-0.3, -0.25) is 13.9 Å². The lowest BCUT2D eigenvalue weighted by atomic mass is 10.1. The molecule has 0 aromatic heterocycles. The predicted octanol–water partition coefficient (Wildman–Crippen LogP) is 5.18. The molecule has 36 heavy (non-hydrogen) atoms. The fourth-order valence-corrected chi connectivity index (χ4v) is 4.98. The molecule has 0 aliphatic heterocycles. The molecular weight excluding hydrogens is 521 g/mol. The quantitative estimate of drug-likeness (QED) is 0.437. The number of sulfonamides is 1. The number of nitrogens with zero attached hydrogens (tertiary/aromatic N) is 2. The number of benzene rings is 2. The molecule has 2 rings (SSSR count). The van der Waals surface area contributed by atoms with Crippen LogP contribution >= 0.6 is 23.2 Å². The van der Waals surface area contributed by atoms with E-state index in [0.29, 0.717) is 15.7 Å². The molecule has 10 heteroatoms. The van der Waals surface area contributed by atoms with E-state index in [-0.39, 0.29) is 37.7 Å². The Morgan fingerprint density at radius 2 is 1.61 bits per heavy atom. The number of hydrogen-bond acceptors (Lipinski definition) is 4. The molecule has 0 heterocycles. The first kappa shape index (κ1) is 29.9. The van der Waals surface area contributed by atoms with Gasteiger partial charge in [0.2, 0.25) is 21.8 Å². The smallest absolute Gasteiger partial charge is 0.242 e. The van der Waals surface area contributed by atoms with Crippen molar-refractivity contribution in [2.75, 3.05) is 17.1 Å². The maximum Gasteiger partial charge on any atom is 0.242 e. The van der Waals surface area contributed by atoms with Gasteiger partial charge in [-0.25, -0.2) is 8.42 Å². The van der Waals surface area contributed by atoms with Crippen LogP contribution in [0.4, 0.5) is 5.69 Å². The maximum absolute atomic E-state index is 13.3. The van der Waals surface area contributed by atoms with Gasteiger partial charge in [-0.05, 0) is 76.4 Å². The molecule has 0 radical (unpaired) electrons.